The molecule has 0 radical (unpaired) electrons. The largest absolute Gasteiger partial charge is 0.398 e. The van der Waals surface area contributed by atoms with Crippen molar-refractivity contribution in [2.75, 3.05) is 5.73 Å². The Morgan fingerprint density at radius 1 is 1.41 bits per heavy atom. The molecule has 4 nitrogen and oxygen atoms in total. The Kier molecular flexibility index (Phi) is 3.46. The van der Waals surface area contributed by atoms with Crippen LogP contribution < -0.4 is 11.3 Å². The number of rotatable bonds is 2. The van der Waals surface area contributed by atoms with Crippen molar-refractivity contribution in [3.63, 3.8) is 0 Å². The van der Waals surface area contributed by atoms with E-state index in [4.69, 9.17) is 5.73 Å². The van der Waals surface area contributed by atoms with Crippen molar-refractivity contribution in [1.82, 2.24) is 9.55 Å². The van der Waals surface area contributed by atoms with E-state index < -0.39 is 0 Å². The van der Waals surface area contributed by atoms with Crippen LogP contribution in [0.2, 0.25) is 0 Å². The van der Waals surface area contributed by atoms with Gasteiger partial charge in [0.2, 0.25) is 0 Å². The van der Waals surface area contributed by atoms with Crippen molar-refractivity contribution in [2.45, 2.75) is 13.5 Å². The number of halogens is 1. The summed E-state index contributed by atoms with van der Waals surface area (Å²) in [5.74, 6) is 0.693. The second-order valence-electron chi connectivity index (χ2n) is 3.74. The third-order valence-corrected chi connectivity index (χ3v) is 3.33. The lowest BCUT2D eigenvalue weighted by atomic mass is 10.2. The lowest BCUT2D eigenvalue weighted by Gasteiger charge is -2.11. The quantitative estimate of drug-likeness (QED) is 0.669. The summed E-state index contributed by atoms with van der Waals surface area (Å²) in [4.78, 5) is 16.2. The third-order valence-electron chi connectivity index (χ3n) is 2.59. The van der Waals surface area contributed by atoms with E-state index in [-0.39, 0.29) is 5.56 Å². The van der Waals surface area contributed by atoms with E-state index in [2.05, 4.69) is 4.98 Å². The second-order valence-corrected chi connectivity index (χ2v) is 4.91. The Bertz CT molecular complexity index is 607. The highest BCUT2D eigenvalue weighted by molar-refractivity contribution is 14.1. The molecule has 0 amide bonds. The fourth-order valence-electron chi connectivity index (χ4n) is 1.59. The lowest BCUT2D eigenvalue weighted by Crippen LogP contribution is -2.26. The molecule has 2 N–H and O–H groups in total. The molecular formula is C12H12IN3O. The molecule has 2 rings (SSSR count). The number of hydrogen-bond donors (Lipinski definition) is 1. The van der Waals surface area contributed by atoms with Crippen LogP contribution in [0.1, 0.15) is 11.4 Å². The molecule has 1 aromatic carbocycles. The lowest BCUT2D eigenvalue weighted by molar-refractivity contribution is 0.696. The predicted molar refractivity (Wildman–Crippen MR) is 75.9 cm³/mol. The van der Waals surface area contributed by atoms with Gasteiger partial charge in [0.15, 0.2) is 0 Å². The molecule has 0 saturated heterocycles. The van der Waals surface area contributed by atoms with E-state index in [0.717, 1.165) is 5.56 Å². The zero-order valence-electron chi connectivity index (χ0n) is 9.35. The van der Waals surface area contributed by atoms with Gasteiger partial charge in [-0.25, -0.2) is 4.98 Å². The second kappa shape index (κ2) is 4.87. The number of nitrogens with two attached hydrogens (primary N) is 1. The maximum absolute atomic E-state index is 12.0. The fourth-order valence-corrected chi connectivity index (χ4v) is 2.02. The molecule has 1 heterocycles. The van der Waals surface area contributed by atoms with Gasteiger partial charge in [0.25, 0.3) is 5.56 Å². The number of aromatic nitrogens is 2. The van der Waals surface area contributed by atoms with Gasteiger partial charge in [-0.05, 0) is 41.1 Å². The fraction of sp³-hybridized carbons (Fsp3) is 0.167. The van der Waals surface area contributed by atoms with E-state index >= 15 is 0 Å². The summed E-state index contributed by atoms with van der Waals surface area (Å²) in [5, 5.41) is 0. The van der Waals surface area contributed by atoms with Crippen LogP contribution in [0.15, 0.2) is 35.3 Å². The zero-order chi connectivity index (χ0) is 12.4. The minimum absolute atomic E-state index is 0.0265. The van der Waals surface area contributed by atoms with Crippen molar-refractivity contribution in [3.05, 3.63) is 55.8 Å². The molecular weight excluding hydrogens is 329 g/mol. The maximum atomic E-state index is 12.0. The summed E-state index contributed by atoms with van der Waals surface area (Å²) in [6.07, 6.45) is 1.59. The molecule has 0 atom stereocenters. The molecule has 88 valence electrons. The van der Waals surface area contributed by atoms with Crippen LogP contribution in [0.5, 0.6) is 0 Å². The normalized spacial score (nSPS) is 10.5. The molecule has 0 aliphatic rings. The number of nitrogen functional groups attached to an aromatic ring is 1. The van der Waals surface area contributed by atoms with Gasteiger partial charge in [-0.3, -0.25) is 9.36 Å². The zero-order valence-corrected chi connectivity index (χ0v) is 11.5. The van der Waals surface area contributed by atoms with Crippen molar-refractivity contribution >= 4 is 28.3 Å². The number of benzene rings is 1. The van der Waals surface area contributed by atoms with Crippen LogP contribution in [0.3, 0.4) is 0 Å². The molecule has 0 aliphatic carbocycles. The van der Waals surface area contributed by atoms with Crippen LogP contribution >= 0.6 is 22.6 Å². The van der Waals surface area contributed by atoms with Crippen LogP contribution in [0.4, 0.5) is 5.69 Å². The van der Waals surface area contributed by atoms with E-state index in [1.54, 1.807) is 10.8 Å². The van der Waals surface area contributed by atoms with E-state index in [9.17, 15) is 4.79 Å². The molecule has 17 heavy (non-hydrogen) atoms. The minimum atomic E-state index is -0.0265. The van der Waals surface area contributed by atoms with Gasteiger partial charge in [-0.15, -0.1) is 0 Å². The highest BCUT2D eigenvalue weighted by Gasteiger charge is 2.07. The molecule has 0 spiro atoms. The van der Waals surface area contributed by atoms with Crippen LogP contribution in [0.25, 0.3) is 0 Å². The molecule has 0 aliphatic heterocycles. The summed E-state index contributed by atoms with van der Waals surface area (Å²) in [6, 6.07) is 7.53. The Hall–Kier alpha value is -1.37. The summed E-state index contributed by atoms with van der Waals surface area (Å²) in [5.41, 5.74) is 7.47. The topological polar surface area (TPSA) is 60.9 Å². The summed E-state index contributed by atoms with van der Waals surface area (Å²) in [7, 11) is 0. The van der Waals surface area contributed by atoms with Crippen molar-refractivity contribution in [3.8, 4) is 0 Å². The monoisotopic (exact) mass is 341 g/mol. The summed E-state index contributed by atoms with van der Waals surface area (Å²) in [6.45, 7) is 2.28. The highest BCUT2D eigenvalue weighted by Crippen LogP contribution is 2.12. The predicted octanol–water partition coefficient (Wildman–Crippen LogP) is 1.79. The Balaban J connectivity index is 2.47. The van der Waals surface area contributed by atoms with E-state index in [1.807, 2.05) is 53.8 Å². The summed E-state index contributed by atoms with van der Waals surface area (Å²) < 4.78 is 2.25. The average molecular weight is 341 g/mol. The number of para-hydroxylation sites is 1. The smallest absolute Gasteiger partial charge is 0.267 e. The first-order chi connectivity index (χ1) is 8.09. The number of anilines is 1. The number of aryl methyl sites for hydroxylation is 1. The Morgan fingerprint density at radius 3 is 2.82 bits per heavy atom. The number of hydrogen-bond acceptors (Lipinski definition) is 3. The standard InChI is InChI=1S/C12H12IN3O/c1-8-15-6-10(13)12(17)16(8)7-9-4-2-3-5-11(9)14/h2-6H,7,14H2,1H3. The van der Waals surface area contributed by atoms with Crippen molar-refractivity contribution < 1.29 is 0 Å². The average Bonchev–Trinajstić information content (AvgIpc) is 2.32. The van der Waals surface area contributed by atoms with Crippen molar-refractivity contribution in [2.24, 2.45) is 0 Å². The highest BCUT2D eigenvalue weighted by atomic mass is 127. The number of nitrogens with zero attached hydrogens (tertiary/aromatic N) is 2. The molecule has 0 saturated carbocycles. The van der Waals surface area contributed by atoms with Crippen LogP contribution in [-0.2, 0) is 6.54 Å². The van der Waals surface area contributed by atoms with Gasteiger partial charge < -0.3 is 5.73 Å². The SMILES string of the molecule is Cc1ncc(I)c(=O)n1Cc1ccccc1N. The van der Waals surface area contributed by atoms with Gasteiger partial charge in [0.05, 0.1) is 10.1 Å². The molecule has 5 heteroatoms. The first kappa shape index (κ1) is 12.1. The first-order valence-corrected chi connectivity index (χ1v) is 6.23. The Labute approximate surface area is 113 Å². The van der Waals surface area contributed by atoms with Gasteiger partial charge in [-0.1, -0.05) is 18.2 Å². The molecule has 0 unspecified atom stereocenters. The third kappa shape index (κ3) is 2.49. The van der Waals surface area contributed by atoms with Crippen molar-refractivity contribution in [1.29, 1.82) is 0 Å². The maximum Gasteiger partial charge on any atom is 0.267 e. The van der Waals surface area contributed by atoms with Gasteiger partial charge in [-0.2, -0.15) is 0 Å². The molecule has 1 aromatic heterocycles. The van der Waals surface area contributed by atoms with Gasteiger partial charge in [0.1, 0.15) is 5.82 Å². The minimum Gasteiger partial charge on any atom is -0.398 e. The molecule has 0 bridgehead atoms. The Morgan fingerprint density at radius 2 is 2.12 bits per heavy atom. The van der Waals surface area contributed by atoms with Gasteiger partial charge >= 0.3 is 0 Å². The van der Waals surface area contributed by atoms with E-state index in [1.165, 1.54) is 0 Å². The first-order valence-electron chi connectivity index (χ1n) is 5.15. The summed E-state index contributed by atoms with van der Waals surface area (Å²) >= 11 is 1.99. The van der Waals surface area contributed by atoms with Crippen LogP contribution in [0, 0.1) is 10.5 Å². The van der Waals surface area contributed by atoms with Crippen LogP contribution in [-0.4, -0.2) is 9.55 Å². The van der Waals surface area contributed by atoms with Gasteiger partial charge in [0, 0.05) is 11.9 Å². The molecule has 0 fully saturated rings. The molecule has 2 aromatic rings. The van der Waals surface area contributed by atoms with E-state index in [0.29, 0.717) is 21.6 Å².